The highest BCUT2D eigenvalue weighted by Gasteiger charge is 2.20. The van der Waals surface area contributed by atoms with Crippen LogP contribution in [0.25, 0.3) is 0 Å². The molecule has 0 radical (unpaired) electrons. The third-order valence-corrected chi connectivity index (χ3v) is 4.08. The lowest BCUT2D eigenvalue weighted by Gasteiger charge is -2.13. The number of thiophene rings is 1. The highest BCUT2D eigenvalue weighted by Crippen LogP contribution is 2.22. The predicted molar refractivity (Wildman–Crippen MR) is 87.8 cm³/mol. The molecule has 2 amide bonds. The monoisotopic (exact) mass is 352 g/mol. The van der Waals surface area contributed by atoms with Gasteiger partial charge in [0, 0.05) is 11.3 Å². The number of amides is 2. The van der Waals surface area contributed by atoms with Crippen LogP contribution in [0.3, 0.4) is 0 Å². The minimum atomic E-state index is -0.987. The van der Waals surface area contributed by atoms with Gasteiger partial charge in [0.2, 0.25) is 5.91 Å². The molecule has 0 spiro atoms. The highest BCUT2D eigenvalue weighted by molar-refractivity contribution is 7.17. The van der Waals surface area contributed by atoms with Crippen LogP contribution in [0.4, 0.5) is 5.69 Å². The SMILES string of the molecule is CC(OC(=O)c1ccc(Cl)s1)C(=O)Nc1ccc(C(N)=O)cc1. The predicted octanol–water partition coefficient (Wildman–Crippen LogP) is 2.68. The van der Waals surface area contributed by atoms with Gasteiger partial charge in [0.05, 0.1) is 4.34 Å². The number of nitrogens with two attached hydrogens (primary N) is 1. The van der Waals surface area contributed by atoms with E-state index < -0.39 is 23.9 Å². The van der Waals surface area contributed by atoms with Gasteiger partial charge >= 0.3 is 5.97 Å². The molecule has 0 aliphatic heterocycles. The zero-order chi connectivity index (χ0) is 17.0. The van der Waals surface area contributed by atoms with Crippen molar-refractivity contribution in [1.82, 2.24) is 0 Å². The van der Waals surface area contributed by atoms with Gasteiger partial charge in [-0.05, 0) is 43.3 Å². The lowest BCUT2D eigenvalue weighted by Crippen LogP contribution is -2.29. The van der Waals surface area contributed by atoms with Crippen molar-refractivity contribution in [1.29, 1.82) is 0 Å². The summed E-state index contributed by atoms with van der Waals surface area (Å²) >= 11 is 6.82. The van der Waals surface area contributed by atoms with Crippen LogP contribution in [0, 0.1) is 0 Å². The maximum Gasteiger partial charge on any atom is 0.349 e. The number of hydrogen-bond acceptors (Lipinski definition) is 5. The number of carbonyl (C=O) groups excluding carboxylic acids is 3. The summed E-state index contributed by atoms with van der Waals surface area (Å²) in [5, 5.41) is 2.58. The van der Waals surface area contributed by atoms with Gasteiger partial charge in [-0.15, -0.1) is 11.3 Å². The minimum absolute atomic E-state index is 0.320. The number of primary amides is 1. The van der Waals surface area contributed by atoms with Gasteiger partial charge in [-0.2, -0.15) is 0 Å². The van der Waals surface area contributed by atoms with E-state index in [1.165, 1.54) is 37.3 Å². The van der Waals surface area contributed by atoms with E-state index in [4.69, 9.17) is 22.1 Å². The lowest BCUT2D eigenvalue weighted by molar-refractivity contribution is -0.123. The van der Waals surface area contributed by atoms with Crippen molar-refractivity contribution in [3.8, 4) is 0 Å². The number of carbonyl (C=O) groups is 3. The van der Waals surface area contributed by atoms with Gasteiger partial charge in [0.25, 0.3) is 5.91 Å². The first-order chi connectivity index (χ1) is 10.9. The van der Waals surface area contributed by atoms with Crippen LogP contribution >= 0.6 is 22.9 Å². The molecular weight excluding hydrogens is 340 g/mol. The van der Waals surface area contributed by atoms with Crippen molar-refractivity contribution < 1.29 is 19.1 Å². The van der Waals surface area contributed by atoms with Gasteiger partial charge in [-0.1, -0.05) is 11.6 Å². The number of halogens is 1. The van der Waals surface area contributed by atoms with E-state index in [1.807, 2.05) is 0 Å². The third-order valence-electron chi connectivity index (χ3n) is 2.86. The number of ether oxygens (including phenoxy) is 1. The Hall–Kier alpha value is -2.38. The summed E-state index contributed by atoms with van der Waals surface area (Å²) < 4.78 is 5.53. The van der Waals surface area contributed by atoms with Crippen molar-refractivity contribution in [2.24, 2.45) is 5.73 Å². The topological polar surface area (TPSA) is 98.5 Å². The summed E-state index contributed by atoms with van der Waals surface area (Å²) in [6.07, 6.45) is -0.987. The molecule has 0 aliphatic rings. The molecule has 0 saturated carbocycles. The normalized spacial score (nSPS) is 11.6. The smallest absolute Gasteiger partial charge is 0.349 e. The Kier molecular flexibility index (Phi) is 5.36. The van der Waals surface area contributed by atoms with Crippen LogP contribution in [0.5, 0.6) is 0 Å². The van der Waals surface area contributed by atoms with Crippen molar-refractivity contribution in [3.05, 3.63) is 51.2 Å². The zero-order valence-electron chi connectivity index (χ0n) is 12.0. The molecule has 8 heteroatoms. The molecule has 1 aromatic carbocycles. The molecule has 1 atom stereocenters. The average molecular weight is 353 g/mol. The lowest BCUT2D eigenvalue weighted by atomic mass is 10.2. The maximum atomic E-state index is 12.0. The molecule has 2 rings (SSSR count). The van der Waals surface area contributed by atoms with Crippen LogP contribution in [0.1, 0.15) is 27.0 Å². The van der Waals surface area contributed by atoms with E-state index in [9.17, 15) is 14.4 Å². The van der Waals surface area contributed by atoms with Gasteiger partial charge in [-0.3, -0.25) is 9.59 Å². The van der Waals surface area contributed by atoms with Crippen molar-refractivity contribution in [3.63, 3.8) is 0 Å². The van der Waals surface area contributed by atoms with Crippen LogP contribution in [-0.4, -0.2) is 23.9 Å². The molecule has 0 fully saturated rings. The second-order valence-corrected chi connectivity index (χ2v) is 6.30. The number of nitrogens with one attached hydrogen (secondary N) is 1. The van der Waals surface area contributed by atoms with Crippen LogP contribution in [0.2, 0.25) is 4.34 Å². The van der Waals surface area contributed by atoms with Crippen molar-refractivity contribution in [2.75, 3.05) is 5.32 Å². The minimum Gasteiger partial charge on any atom is -0.448 e. The number of anilines is 1. The summed E-state index contributed by atoms with van der Waals surface area (Å²) in [5.74, 6) is -1.67. The van der Waals surface area contributed by atoms with Crippen molar-refractivity contribution in [2.45, 2.75) is 13.0 Å². The first-order valence-electron chi connectivity index (χ1n) is 6.54. The van der Waals surface area contributed by atoms with Gasteiger partial charge in [0.1, 0.15) is 4.88 Å². The Labute approximate surface area is 141 Å². The molecule has 0 aliphatic carbocycles. The van der Waals surface area contributed by atoms with Gasteiger partial charge < -0.3 is 15.8 Å². The number of hydrogen-bond donors (Lipinski definition) is 2. The van der Waals surface area contributed by atoms with Crippen molar-refractivity contribution >= 4 is 46.4 Å². The summed E-state index contributed by atoms with van der Waals surface area (Å²) in [4.78, 5) is 35.1. The molecule has 1 heterocycles. The van der Waals surface area contributed by atoms with E-state index >= 15 is 0 Å². The van der Waals surface area contributed by atoms with Gasteiger partial charge in [0.15, 0.2) is 6.10 Å². The molecule has 1 aromatic heterocycles. The highest BCUT2D eigenvalue weighted by atomic mass is 35.5. The summed E-state index contributed by atoms with van der Waals surface area (Å²) in [6.45, 7) is 1.46. The second kappa shape index (κ2) is 7.26. The standard InChI is InChI=1S/C15H13ClN2O4S/c1-8(22-15(21)11-6-7-12(16)23-11)14(20)18-10-4-2-9(3-5-10)13(17)19/h2-8H,1H3,(H2,17,19)(H,18,20). The van der Waals surface area contributed by atoms with E-state index in [2.05, 4.69) is 5.32 Å². The molecule has 1 unspecified atom stereocenters. The van der Waals surface area contributed by atoms with E-state index in [0.717, 1.165) is 11.3 Å². The molecule has 120 valence electrons. The summed E-state index contributed by atoms with van der Waals surface area (Å²) in [7, 11) is 0. The third kappa shape index (κ3) is 4.54. The number of esters is 1. The molecule has 23 heavy (non-hydrogen) atoms. The zero-order valence-corrected chi connectivity index (χ0v) is 13.6. The Morgan fingerprint density at radius 1 is 1.17 bits per heavy atom. The van der Waals surface area contributed by atoms with Crippen LogP contribution in [0.15, 0.2) is 36.4 Å². The molecule has 0 saturated heterocycles. The van der Waals surface area contributed by atoms with Crippen LogP contribution < -0.4 is 11.1 Å². The van der Waals surface area contributed by atoms with Gasteiger partial charge in [-0.25, -0.2) is 4.79 Å². The molecule has 3 N–H and O–H groups in total. The fourth-order valence-corrected chi connectivity index (χ4v) is 2.58. The Bertz CT molecular complexity index is 742. The molecular formula is C15H13ClN2O4S. The first kappa shape index (κ1) is 17.0. The fourth-order valence-electron chi connectivity index (χ4n) is 1.66. The Balaban J connectivity index is 1.94. The maximum absolute atomic E-state index is 12.0. The first-order valence-corrected chi connectivity index (χ1v) is 7.73. The average Bonchev–Trinajstić information content (AvgIpc) is 2.94. The Morgan fingerprint density at radius 3 is 2.35 bits per heavy atom. The molecule has 2 aromatic rings. The second-order valence-electron chi connectivity index (χ2n) is 4.58. The summed E-state index contributed by atoms with van der Waals surface area (Å²) in [6, 6.07) is 9.15. The molecule has 0 bridgehead atoms. The summed E-state index contributed by atoms with van der Waals surface area (Å²) in [5.41, 5.74) is 5.92. The largest absolute Gasteiger partial charge is 0.448 e. The number of rotatable bonds is 5. The van der Waals surface area contributed by atoms with E-state index in [-0.39, 0.29) is 0 Å². The van der Waals surface area contributed by atoms with Crippen LogP contribution in [-0.2, 0) is 9.53 Å². The van der Waals surface area contributed by atoms with E-state index in [1.54, 1.807) is 6.07 Å². The Morgan fingerprint density at radius 2 is 1.83 bits per heavy atom. The van der Waals surface area contributed by atoms with E-state index in [0.29, 0.717) is 20.5 Å². The molecule has 6 nitrogen and oxygen atoms in total. The number of benzene rings is 1. The fraction of sp³-hybridized carbons (Fsp3) is 0.133. The quantitative estimate of drug-likeness (QED) is 0.808.